The quantitative estimate of drug-likeness (QED) is 0.549. The normalized spacial score (nSPS) is 11.1. The van der Waals surface area contributed by atoms with Gasteiger partial charge in [-0.05, 0) is 24.1 Å². The summed E-state index contributed by atoms with van der Waals surface area (Å²) in [4.78, 5) is 29.7. The summed E-state index contributed by atoms with van der Waals surface area (Å²) < 4.78 is 10.2. The average molecular weight is 376 g/mol. The van der Waals surface area contributed by atoms with Crippen LogP contribution in [-0.4, -0.2) is 18.7 Å². The molecule has 0 atom stereocenters. The molecule has 0 aliphatic heterocycles. The van der Waals surface area contributed by atoms with Gasteiger partial charge in [0.2, 0.25) is 0 Å². The summed E-state index contributed by atoms with van der Waals surface area (Å²) in [6, 6.07) is 17.6. The Bertz CT molecular complexity index is 1280. The molecule has 0 aliphatic carbocycles. The number of imidazole rings is 1. The lowest BCUT2D eigenvalue weighted by molar-refractivity contribution is 0.418. The number of para-hydroxylation sites is 1. The van der Waals surface area contributed by atoms with Crippen molar-refractivity contribution in [2.75, 3.05) is 0 Å². The summed E-state index contributed by atoms with van der Waals surface area (Å²) in [5.41, 5.74) is 1.74. The average Bonchev–Trinajstić information content (AvgIpc) is 3.05. The molecule has 2 aromatic heterocycles. The molecule has 0 saturated carbocycles. The van der Waals surface area contributed by atoms with E-state index in [9.17, 15) is 9.59 Å². The molecule has 0 bridgehead atoms. The van der Waals surface area contributed by atoms with Gasteiger partial charge in [-0.3, -0.25) is 18.5 Å². The number of hydrogen-bond donors (Lipinski definition) is 0. The Kier molecular flexibility index (Phi) is 4.35. The molecule has 7 nitrogen and oxygen atoms in total. The molecule has 0 N–H and O–H groups in total. The summed E-state index contributed by atoms with van der Waals surface area (Å²) in [5, 5.41) is 0. The van der Waals surface area contributed by atoms with Gasteiger partial charge in [-0.2, -0.15) is 4.98 Å². The molecule has 0 spiro atoms. The first-order valence-electron chi connectivity index (χ1n) is 8.91. The van der Waals surface area contributed by atoms with Crippen LogP contribution in [0.2, 0.25) is 0 Å². The summed E-state index contributed by atoms with van der Waals surface area (Å²) >= 11 is 0. The first-order valence-corrected chi connectivity index (χ1v) is 8.91. The van der Waals surface area contributed by atoms with Gasteiger partial charge in [0.1, 0.15) is 5.75 Å². The van der Waals surface area contributed by atoms with Gasteiger partial charge in [0.05, 0.1) is 6.54 Å². The molecule has 0 amide bonds. The fourth-order valence-electron chi connectivity index (χ4n) is 3.19. The number of fused-ring (bicyclic) bond motifs is 1. The lowest BCUT2D eigenvalue weighted by Gasteiger charge is -2.11. The van der Waals surface area contributed by atoms with Crippen molar-refractivity contribution in [3.8, 4) is 11.8 Å². The van der Waals surface area contributed by atoms with E-state index in [1.54, 1.807) is 11.6 Å². The number of aryl methyl sites for hydroxylation is 2. The topological polar surface area (TPSA) is 71.1 Å². The van der Waals surface area contributed by atoms with E-state index in [-0.39, 0.29) is 6.01 Å². The third-order valence-electron chi connectivity index (χ3n) is 4.79. The first-order chi connectivity index (χ1) is 13.5. The summed E-state index contributed by atoms with van der Waals surface area (Å²) in [5.74, 6) is 0.647. The van der Waals surface area contributed by atoms with Gasteiger partial charge < -0.3 is 4.74 Å². The minimum Gasteiger partial charge on any atom is -0.425 e. The zero-order valence-electron chi connectivity index (χ0n) is 15.9. The van der Waals surface area contributed by atoms with Crippen LogP contribution >= 0.6 is 0 Å². The molecular formula is C21H20N4O3. The number of hydrogen-bond acceptors (Lipinski definition) is 4. The monoisotopic (exact) mass is 376 g/mol. The molecule has 7 heteroatoms. The highest BCUT2D eigenvalue weighted by Gasteiger charge is 2.21. The molecule has 2 heterocycles. The van der Waals surface area contributed by atoms with Crippen molar-refractivity contribution >= 4 is 11.2 Å². The lowest BCUT2D eigenvalue weighted by Crippen LogP contribution is -2.37. The fourth-order valence-corrected chi connectivity index (χ4v) is 3.19. The van der Waals surface area contributed by atoms with E-state index in [4.69, 9.17) is 4.74 Å². The van der Waals surface area contributed by atoms with Crippen LogP contribution < -0.4 is 16.0 Å². The highest BCUT2D eigenvalue weighted by Crippen LogP contribution is 2.27. The number of rotatable bonds is 4. The van der Waals surface area contributed by atoms with Gasteiger partial charge in [0, 0.05) is 14.1 Å². The van der Waals surface area contributed by atoms with Crippen LogP contribution in [0.3, 0.4) is 0 Å². The highest BCUT2D eigenvalue weighted by molar-refractivity contribution is 5.72. The van der Waals surface area contributed by atoms with Crippen LogP contribution in [0.5, 0.6) is 11.8 Å². The van der Waals surface area contributed by atoms with Crippen LogP contribution in [0, 0.1) is 6.92 Å². The fraction of sp³-hybridized carbons (Fsp3) is 0.190. The Balaban J connectivity index is 1.98. The van der Waals surface area contributed by atoms with Crippen LogP contribution in [0.25, 0.3) is 11.2 Å². The Labute approximate surface area is 161 Å². The second-order valence-corrected chi connectivity index (χ2v) is 6.71. The molecule has 0 aliphatic rings. The zero-order valence-corrected chi connectivity index (χ0v) is 15.9. The van der Waals surface area contributed by atoms with Crippen molar-refractivity contribution in [3.63, 3.8) is 0 Å². The Morgan fingerprint density at radius 1 is 0.929 bits per heavy atom. The highest BCUT2D eigenvalue weighted by atomic mass is 16.5. The molecule has 0 unspecified atom stereocenters. The maximum atomic E-state index is 12.9. The van der Waals surface area contributed by atoms with E-state index in [0.717, 1.165) is 15.7 Å². The Morgan fingerprint density at radius 3 is 2.32 bits per heavy atom. The van der Waals surface area contributed by atoms with E-state index >= 15 is 0 Å². The summed E-state index contributed by atoms with van der Waals surface area (Å²) in [7, 11) is 3.06. The minimum absolute atomic E-state index is 0.270. The molecule has 4 rings (SSSR count). The SMILES string of the molecule is Cc1ccccc1Oc1nc2c(c(=O)n(C)c(=O)n2C)n1Cc1ccccc1. The van der Waals surface area contributed by atoms with Crippen LogP contribution in [0.1, 0.15) is 11.1 Å². The number of nitrogens with zero attached hydrogens (tertiary/aromatic N) is 4. The molecule has 0 radical (unpaired) electrons. The molecule has 28 heavy (non-hydrogen) atoms. The third-order valence-corrected chi connectivity index (χ3v) is 4.79. The van der Waals surface area contributed by atoms with Crippen molar-refractivity contribution in [1.82, 2.24) is 18.7 Å². The zero-order chi connectivity index (χ0) is 19.8. The van der Waals surface area contributed by atoms with E-state index in [2.05, 4.69) is 4.98 Å². The Hall–Kier alpha value is -3.61. The number of ether oxygens (including phenoxy) is 1. The molecule has 142 valence electrons. The second-order valence-electron chi connectivity index (χ2n) is 6.71. The Morgan fingerprint density at radius 2 is 1.61 bits per heavy atom. The van der Waals surface area contributed by atoms with Gasteiger partial charge in [-0.1, -0.05) is 48.5 Å². The summed E-state index contributed by atoms with van der Waals surface area (Å²) in [6.45, 7) is 2.33. The van der Waals surface area contributed by atoms with Crippen molar-refractivity contribution in [3.05, 3.63) is 86.6 Å². The van der Waals surface area contributed by atoms with Crippen LogP contribution in [0.15, 0.2) is 64.2 Å². The van der Waals surface area contributed by atoms with Crippen LogP contribution in [0.4, 0.5) is 0 Å². The van der Waals surface area contributed by atoms with Gasteiger partial charge in [-0.15, -0.1) is 0 Å². The van der Waals surface area contributed by atoms with Crippen molar-refractivity contribution in [1.29, 1.82) is 0 Å². The largest absolute Gasteiger partial charge is 0.425 e. The molecule has 0 saturated heterocycles. The van der Waals surface area contributed by atoms with Gasteiger partial charge >= 0.3 is 11.7 Å². The van der Waals surface area contributed by atoms with Crippen molar-refractivity contribution in [2.24, 2.45) is 14.1 Å². The maximum absolute atomic E-state index is 12.9. The van der Waals surface area contributed by atoms with Crippen molar-refractivity contribution < 1.29 is 4.74 Å². The number of benzene rings is 2. The van der Waals surface area contributed by atoms with Gasteiger partial charge in [0.15, 0.2) is 11.2 Å². The second kappa shape index (κ2) is 6.84. The third kappa shape index (κ3) is 2.90. The van der Waals surface area contributed by atoms with Crippen LogP contribution in [-0.2, 0) is 20.6 Å². The predicted molar refractivity (Wildman–Crippen MR) is 107 cm³/mol. The first kappa shape index (κ1) is 17.8. The maximum Gasteiger partial charge on any atom is 0.332 e. The van der Waals surface area contributed by atoms with E-state index in [1.807, 2.05) is 61.5 Å². The molecular weight excluding hydrogens is 356 g/mol. The van der Waals surface area contributed by atoms with E-state index < -0.39 is 11.2 Å². The van der Waals surface area contributed by atoms with Crippen molar-refractivity contribution in [2.45, 2.75) is 13.5 Å². The van der Waals surface area contributed by atoms with Gasteiger partial charge in [-0.25, -0.2) is 4.79 Å². The van der Waals surface area contributed by atoms with Gasteiger partial charge in [0.25, 0.3) is 5.56 Å². The lowest BCUT2D eigenvalue weighted by atomic mass is 10.2. The standard InChI is InChI=1S/C21H20N4O3/c1-14-9-7-8-12-16(14)28-20-22-18-17(19(26)24(3)21(27)23(18)2)25(20)13-15-10-5-4-6-11-15/h4-12H,13H2,1-3H3. The molecule has 0 fully saturated rings. The smallest absolute Gasteiger partial charge is 0.332 e. The molecule has 4 aromatic rings. The van der Waals surface area contributed by atoms with E-state index in [1.165, 1.54) is 11.6 Å². The number of aromatic nitrogens is 4. The minimum atomic E-state index is -0.427. The predicted octanol–water partition coefficient (Wildman–Crippen LogP) is 2.58. The molecule has 2 aromatic carbocycles. The summed E-state index contributed by atoms with van der Waals surface area (Å²) in [6.07, 6.45) is 0. The van der Waals surface area contributed by atoms with E-state index in [0.29, 0.717) is 23.5 Å².